The van der Waals surface area contributed by atoms with Crippen molar-refractivity contribution in [2.45, 2.75) is 26.4 Å². The number of hydrogen-bond acceptors (Lipinski definition) is 5. The maximum absolute atomic E-state index is 10.9. The fourth-order valence-electron chi connectivity index (χ4n) is 1.33. The van der Waals surface area contributed by atoms with E-state index in [4.69, 9.17) is 16.2 Å². The zero-order valence-electron chi connectivity index (χ0n) is 9.43. The number of nitrogens with zero attached hydrogens (tertiary/aromatic N) is 2. The zero-order valence-corrected chi connectivity index (χ0v) is 9.43. The second-order valence-corrected chi connectivity index (χ2v) is 3.24. The van der Waals surface area contributed by atoms with Crippen molar-refractivity contribution in [2.75, 3.05) is 12.3 Å². The Labute approximate surface area is 94.0 Å². The number of aromatic nitrogens is 2. The Morgan fingerprint density at radius 1 is 1.56 bits per heavy atom. The Balaban J connectivity index is 2.99. The van der Waals surface area contributed by atoms with Gasteiger partial charge in [0.2, 0.25) is 0 Å². The first-order chi connectivity index (χ1) is 7.60. The van der Waals surface area contributed by atoms with Gasteiger partial charge in [0.1, 0.15) is 11.9 Å². The molecule has 1 amide bonds. The average Bonchev–Trinajstić information content (AvgIpc) is 2.25. The first kappa shape index (κ1) is 12.4. The molecule has 88 valence electrons. The number of carbonyl (C=O) groups excluding carboxylic acids is 1. The topological polar surface area (TPSA) is 104 Å². The highest BCUT2D eigenvalue weighted by atomic mass is 16.5. The molecule has 0 radical (unpaired) electrons. The van der Waals surface area contributed by atoms with E-state index in [9.17, 15) is 4.79 Å². The molecule has 1 unspecified atom stereocenters. The molecular weight excluding hydrogens is 208 g/mol. The highest BCUT2D eigenvalue weighted by Gasteiger charge is 2.15. The van der Waals surface area contributed by atoms with Gasteiger partial charge < -0.3 is 16.2 Å². The van der Waals surface area contributed by atoms with E-state index in [0.29, 0.717) is 12.4 Å². The van der Waals surface area contributed by atoms with Gasteiger partial charge in [0.15, 0.2) is 5.82 Å². The highest BCUT2D eigenvalue weighted by Crippen LogP contribution is 2.18. The molecule has 0 saturated carbocycles. The van der Waals surface area contributed by atoms with Crippen molar-refractivity contribution < 1.29 is 9.53 Å². The quantitative estimate of drug-likeness (QED) is 0.763. The monoisotopic (exact) mass is 224 g/mol. The van der Waals surface area contributed by atoms with Gasteiger partial charge in [0.25, 0.3) is 5.91 Å². The van der Waals surface area contributed by atoms with Crippen molar-refractivity contribution in [3.8, 4) is 0 Å². The molecule has 1 atom stereocenters. The third-order valence-corrected chi connectivity index (χ3v) is 2.13. The highest BCUT2D eigenvalue weighted by molar-refractivity contribution is 5.96. The van der Waals surface area contributed by atoms with Gasteiger partial charge in [-0.2, -0.15) is 0 Å². The average molecular weight is 224 g/mol. The normalized spacial score (nSPS) is 12.4. The van der Waals surface area contributed by atoms with E-state index in [1.54, 1.807) is 0 Å². The van der Waals surface area contributed by atoms with Gasteiger partial charge in [-0.1, -0.05) is 6.92 Å². The van der Waals surface area contributed by atoms with Crippen molar-refractivity contribution in [1.29, 1.82) is 0 Å². The van der Waals surface area contributed by atoms with Crippen LogP contribution in [0.3, 0.4) is 0 Å². The lowest BCUT2D eigenvalue weighted by molar-refractivity contribution is 0.0535. The first-order valence-electron chi connectivity index (χ1n) is 5.13. The minimum Gasteiger partial charge on any atom is -0.383 e. The molecule has 0 aliphatic heterocycles. The predicted molar refractivity (Wildman–Crippen MR) is 59.6 cm³/mol. The smallest absolute Gasteiger partial charge is 0.254 e. The maximum atomic E-state index is 10.9. The van der Waals surface area contributed by atoms with Crippen molar-refractivity contribution in [1.82, 2.24) is 9.97 Å². The molecule has 0 aromatic carbocycles. The summed E-state index contributed by atoms with van der Waals surface area (Å²) in [6.07, 6.45) is 1.87. The molecule has 1 rings (SSSR count). The fraction of sp³-hybridized carbons (Fsp3) is 0.500. The lowest BCUT2D eigenvalue weighted by atomic mass is 10.2. The Morgan fingerprint density at radius 2 is 2.25 bits per heavy atom. The molecule has 0 aliphatic rings. The molecule has 0 bridgehead atoms. The number of carbonyl (C=O) groups is 1. The fourth-order valence-corrected chi connectivity index (χ4v) is 1.33. The second-order valence-electron chi connectivity index (χ2n) is 3.24. The molecule has 0 spiro atoms. The number of nitrogen functional groups attached to an aromatic ring is 1. The minimum atomic E-state index is -0.631. The summed E-state index contributed by atoms with van der Waals surface area (Å²) in [7, 11) is 0. The second kappa shape index (κ2) is 5.41. The molecule has 6 nitrogen and oxygen atoms in total. The van der Waals surface area contributed by atoms with Crippen molar-refractivity contribution in [3.05, 3.63) is 17.6 Å². The van der Waals surface area contributed by atoms with E-state index in [1.165, 1.54) is 6.20 Å². The standard InChI is InChI=1S/C10H16N4O2/c1-3-7(16-4-2)10-13-5-6(9(12)15)8(11)14-10/h5,7H,3-4H2,1-2H3,(H2,12,15)(H2,11,13,14). The number of hydrogen-bond donors (Lipinski definition) is 2. The molecule has 16 heavy (non-hydrogen) atoms. The summed E-state index contributed by atoms with van der Waals surface area (Å²) in [5.74, 6) is -0.0592. The van der Waals surface area contributed by atoms with Crippen LogP contribution in [0.2, 0.25) is 0 Å². The van der Waals surface area contributed by atoms with Crippen LogP contribution in [0.5, 0.6) is 0 Å². The summed E-state index contributed by atoms with van der Waals surface area (Å²) in [6.45, 7) is 4.42. The van der Waals surface area contributed by atoms with Crippen LogP contribution in [-0.2, 0) is 4.74 Å². The molecule has 1 aromatic rings. The van der Waals surface area contributed by atoms with Gasteiger partial charge in [0.05, 0.1) is 5.56 Å². The number of primary amides is 1. The SMILES string of the molecule is CCOC(CC)c1ncc(C(N)=O)c(N)n1. The van der Waals surface area contributed by atoms with E-state index < -0.39 is 5.91 Å². The van der Waals surface area contributed by atoms with Crippen LogP contribution >= 0.6 is 0 Å². The summed E-state index contributed by atoms with van der Waals surface area (Å²) in [5, 5.41) is 0. The van der Waals surface area contributed by atoms with E-state index >= 15 is 0 Å². The molecule has 0 saturated heterocycles. The molecule has 1 heterocycles. The van der Waals surface area contributed by atoms with E-state index in [1.807, 2.05) is 13.8 Å². The lowest BCUT2D eigenvalue weighted by Gasteiger charge is -2.14. The van der Waals surface area contributed by atoms with E-state index in [-0.39, 0.29) is 17.5 Å². The predicted octanol–water partition coefficient (Wildman–Crippen LogP) is 0.645. The summed E-state index contributed by atoms with van der Waals surface area (Å²) >= 11 is 0. The van der Waals surface area contributed by atoms with Crippen LogP contribution in [0.25, 0.3) is 0 Å². The number of rotatable bonds is 5. The summed E-state index contributed by atoms with van der Waals surface area (Å²) in [4.78, 5) is 19.0. The first-order valence-corrected chi connectivity index (χ1v) is 5.13. The maximum Gasteiger partial charge on any atom is 0.254 e. The third kappa shape index (κ3) is 2.66. The van der Waals surface area contributed by atoms with E-state index in [0.717, 1.165) is 6.42 Å². The van der Waals surface area contributed by atoms with Crippen LogP contribution in [-0.4, -0.2) is 22.5 Å². The van der Waals surface area contributed by atoms with Gasteiger partial charge in [-0.25, -0.2) is 9.97 Å². The summed E-state index contributed by atoms with van der Waals surface area (Å²) in [6, 6.07) is 0. The van der Waals surface area contributed by atoms with Crippen LogP contribution in [0, 0.1) is 0 Å². The minimum absolute atomic E-state index is 0.0932. The third-order valence-electron chi connectivity index (χ3n) is 2.13. The molecule has 6 heteroatoms. The lowest BCUT2D eigenvalue weighted by Crippen LogP contribution is -2.17. The van der Waals surface area contributed by atoms with Crippen LogP contribution < -0.4 is 11.5 Å². The molecular formula is C10H16N4O2. The van der Waals surface area contributed by atoms with Crippen molar-refractivity contribution in [2.24, 2.45) is 5.73 Å². The van der Waals surface area contributed by atoms with Crippen molar-refractivity contribution >= 4 is 11.7 Å². The number of ether oxygens (including phenoxy) is 1. The molecule has 1 aromatic heterocycles. The van der Waals surface area contributed by atoms with Crippen molar-refractivity contribution in [3.63, 3.8) is 0 Å². The Bertz CT molecular complexity index is 381. The number of amides is 1. The van der Waals surface area contributed by atoms with Gasteiger partial charge in [0, 0.05) is 12.8 Å². The number of nitrogens with two attached hydrogens (primary N) is 2. The van der Waals surface area contributed by atoms with Crippen LogP contribution in [0.15, 0.2) is 6.20 Å². The van der Waals surface area contributed by atoms with Gasteiger partial charge in [-0.05, 0) is 13.3 Å². The Morgan fingerprint density at radius 3 is 2.69 bits per heavy atom. The van der Waals surface area contributed by atoms with Crippen LogP contribution in [0.4, 0.5) is 5.82 Å². The Hall–Kier alpha value is -1.69. The van der Waals surface area contributed by atoms with E-state index in [2.05, 4.69) is 9.97 Å². The number of anilines is 1. The zero-order chi connectivity index (χ0) is 12.1. The molecule has 4 N–H and O–H groups in total. The molecule has 0 fully saturated rings. The summed E-state index contributed by atoms with van der Waals surface area (Å²) in [5.41, 5.74) is 10.8. The largest absolute Gasteiger partial charge is 0.383 e. The van der Waals surface area contributed by atoms with Gasteiger partial charge in [-0.15, -0.1) is 0 Å². The van der Waals surface area contributed by atoms with Crippen LogP contribution in [0.1, 0.15) is 42.6 Å². The van der Waals surface area contributed by atoms with Gasteiger partial charge in [-0.3, -0.25) is 4.79 Å². The molecule has 0 aliphatic carbocycles. The Kier molecular flexibility index (Phi) is 4.19. The summed E-state index contributed by atoms with van der Waals surface area (Å²) < 4.78 is 5.44. The van der Waals surface area contributed by atoms with Gasteiger partial charge >= 0.3 is 0 Å².